The molecule has 2 aromatic rings. The second kappa shape index (κ2) is 13.1. The number of carbonyl (C=O) groups is 4. The molecule has 0 bridgehead atoms. The Kier molecular flexibility index (Phi) is 9.06. The van der Waals surface area contributed by atoms with Gasteiger partial charge in [-0.05, 0) is 61.0 Å². The summed E-state index contributed by atoms with van der Waals surface area (Å²) in [6.07, 6.45) is 4.42. The van der Waals surface area contributed by atoms with Crippen LogP contribution in [-0.2, 0) is 24.0 Å². The molecular formula is C37H44N4O7. The highest BCUT2D eigenvalue weighted by atomic mass is 16.6. The van der Waals surface area contributed by atoms with Gasteiger partial charge in [-0.1, -0.05) is 80.5 Å². The summed E-state index contributed by atoms with van der Waals surface area (Å²) in [5.41, 5.74) is 2.41. The Morgan fingerprint density at radius 1 is 1.02 bits per heavy atom. The van der Waals surface area contributed by atoms with Gasteiger partial charge < -0.3 is 30.2 Å². The maximum Gasteiger partial charge on any atom is 0.408 e. The second-order valence-corrected chi connectivity index (χ2v) is 14.4. The van der Waals surface area contributed by atoms with Gasteiger partial charge in [-0.2, -0.15) is 0 Å². The van der Waals surface area contributed by atoms with E-state index in [1.54, 1.807) is 6.08 Å². The van der Waals surface area contributed by atoms with Gasteiger partial charge >= 0.3 is 12.1 Å². The fourth-order valence-corrected chi connectivity index (χ4v) is 7.30. The molecule has 0 unspecified atom stereocenters. The van der Waals surface area contributed by atoms with E-state index in [0.29, 0.717) is 12.1 Å². The zero-order valence-corrected chi connectivity index (χ0v) is 27.7. The van der Waals surface area contributed by atoms with Crippen molar-refractivity contribution in [1.29, 1.82) is 0 Å². The van der Waals surface area contributed by atoms with Gasteiger partial charge in [0.2, 0.25) is 11.8 Å². The van der Waals surface area contributed by atoms with Crippen LogP contribution >= 0.6 is 0 Å². The van der Waals surface area contributed by atoms with E-state index in [-0.39, 0.29) is 31.4 Å². The normalized spacial score (nSPS) is 25.0. The lowest BCUT2D eigenvalue weighted by atomic mass is 9.85. The molecule has 1 heterocycles. The minimum absolute atomic E-state index is 0.0130. The van der Waals surface area contributed by atoms with Crippen LogP contribution in [0.3, 0.4) is 0 Å². The van der Waals surface area contributed by atoms with Crippen LogP contribution in [0.2, 0.25) is 0 Å². The highest BCUT2D eigenvalue weighted by molar-refractivity contribution is 6.24. The molecule has 5 atom stereocenters. The predicted molar refractivity (Wildman–Crippen MR) is 179 cm³/mol. The molecule has 3 N–H and O–H groups in total. The molecule has 1 aliphatic heterocycles. The van der Waals surface area contributed by atoms with Gasteiger partial charge in [0.05, 0.1) is 6.54 Å². The van der Waals surface area contributed by atoms with Crippen LogP contribution in [0, 0.1) is 11.3 Å². The lowest BCUT2D eigenvalue weighted by molar-refractivity contribution is -0.146. The number of likely N-dealkylation sites (tertiary alicyclic amines) is 1. The molecule has 11 heteroatoms. The van der Waals surface area contributed by atoms with E-state index in [2.05, 4.69) is 22.4 Å². The number of fused-ring (bicyclic) bond motifs is 3. The molecule has 3 aliphatic carbocycles. The molecule has 254 valence electrons. The molecule has 6 rings (SSSR count). The summed E-state index contributed by atoms with van der Waals surface area (Å²) in [6, 6.07) is 13.7. The van der Waals surface area contributed by atoms with Crippen LogP contribution in [0.5, 0.6) is 0 Å². The molecule has 2 saturated carbocycles. The minimum atomic E-state index is -1.43. The van der Waals surface area contributed by atoms with Crippen molar-refractivity contribution in [3.63, 3.8) is 0 Å². The quantitative estimate of drug-likeness (QED) is 0.205. The third-order valence-electron chi connectivity index (χ3n) is 10.0. The molecule has 48 heavy (non-hydrogen) atoms. The summed E-state index contributed by atoms with van der Waals surface area (Å²) in [5.74, 6) is -2.49. The number of allylic oxidation sites excluding steroid dienone is 1. The monoisotopic (exact) mass is 656 g/mol. The standard InChI is InChI=1S/C37H44N4O7/c1-5-12-22-20-37(22,34(44)45)39-32(42)29-19-24(48-40-30-27-17-10-8-15-25(27)26-16-9-11-18-28(26)30)21-41(29)33(43)31(36(2,3)4)38-35(46)47-23-13-6-7-14-23/h5,8-11,15-18,22-24,29,31H,1,6-7,12-14,19-21H2,2-4H3,(H,38,46)(H,39,42)(H,44,45)/t22-,24-,29+,31-,37-/m1/s1. The Hall–Kier alpha value is -4.67. The molecule has 4 aliphatic rings. The first-order valence-corrected chi connectivity index (χ1v) is 16.8. The number of hydrogen-bond donors (Lipinski definition) is 3. The largest absolute Gasteiger partial charge is 0.479 e. The van der Waals surface area contributed by atoms with E-state index < -0.39 is 53.0 Å². The molecule has 1 saturated heterocycles. The summed E-state index contributed by atoms with van der Waals surface area (Å²) in [6.45, 7) is 9.21. The van der Waals surface area contributed by atoms with Crippen LogP contribution in [0.25, 0.3) is 11.1 Å². The number of nitrogens with zero attached hydrogens (tertiary/aromatic N) is 2. The van der Waals surface area contributed by atoms with Gasteiger partial charge in [0.25, 0.3) is 0 Å². The van der Waals surface area contributed by atoms with E-state index in [0.717, 1.165) is 47.9 Å². The second-order valence-electron chi connectivity index (χ2n) is 14.4. The van der Waals surface area contributed by atoms with Crippen molar-refractivity contribution in [3.05, 3.63) is 72.3 Å². The smallest absolute Gasteiger partial charge is 0.408 e. The van der Waals surface area contributed by atoms with Crippen LogP contribution in [0.1, 0.15) is 76.8 Å². The van der Waals surface area contributed by atoms with Crippen molar-refractivity contribution in [2.75, 3.05) is 6.54 Å². The molecule has 3 amide bonds. The fraction of sp³-hybridized carbons (Fsp3) is 0.486. The first-order chi connectivity index (χ1) is 22.9. The van der Waals surface area contributed by atoms with Crippen molar-refractivity contribution >= 4 is 29.6 Å². The molecular weight excluding hydrogens is 612 g/mol. The number of rotatable bonds is 10. The van der Waals surface area contributed by atoms with Gasteiger partial charge in [0, 0.05) is 17.5 Å². The zero-order valence-electron chi connectivity index (χ0n) is 27.7. The summed E-state index contributed by atoms with van der Waals surface area (Å²) in [7, 11) is 0. The predicted octanol–water partition coefficient (Wildman–Crippen LogP) is 5.02. The van der Waals surface area contributed by atoms with E-state index in [4.69, 9.17) is 9.57 Å². The van der Waals surface area contributed by atoms with Gasteiger partial charge in [-0.3, -0.25) is 9.59 Å². The van der Waals surface area contributed by atoms with Gasteiger partial charge in [-0.25, -0.2) is 9.59 Å². The number of benzene rings is 2. The van der Waals surface area contributed by atoms with Gasteiger partial charge in [0.1, 0.15) is 35.5 Å². The SMILES string of the molecule is C=CC[C@@H]1C[C@]1(NC(=O)[C@@H]1C[C@@H](ON=C2c3ccccc3-c3ccccc32)CN1C(=O)[C@@H](NC(=O)OC1CCCC1)C(C)(C)C)C(=O)O. The number of carboxylic acids is 1. The van der Waals surface area contributed by atoms with Crippen molar-refractivity contribution < 1.29 is 33.9 Å². The Labute approximate surface area is 280 Å². The first-order valence-electron chi connectivity index (χ1n) is 16.8. The Bertz CT molecular complexity index is 1590. The lowest BCUT2D eigenvalue weighted by Gasteiger charge is -2.35. The number of nitrogens with one attached hydrogen (secondary N) is 2. The summed E-state index contributed by atoms with van der Waals surface area (Å²) >= 11 is 0. The van der Waals surface area contributed by atoms with E-state index >= 15 is 0 Å². The van der Waals surface area contributed by atoms with E-state index in [9.17, 15) is 24.3 Å². The number of amides is 3. The number of aliphatic carboxylic acids is 1. The Morgan fingerprint density at radius 3 is 2.19 bits per heavy atom. The average molecular weight is 657 g/mol. The Balaban J connectivity index is 1.26. The number of oxime groups is 1. The number of ether oxygens (including phenoxy) is 1. The Morgan fingerprint density at radius 2 is 1.62 bits per heavy atom. The lowest BCUT2D eigenvalue weighted by Crippen LogP contribution is -2.59. The van der Waals surface area contributed by atoms with E-state index in [1.807, 2.05) is 69.3 Å². The molecule has 2 aromatic carbocycles. The molecule has 0 aromatic heterocycles. The van der Waals surface area contributed by atoms with Crippen LogP contribution < -0.4 is 10.6 Å². The van der Waals surface area contributed by atoms with E-state index in [1.165, 1.54) is 4.90 Å². The molecule has 3 fully saturated rings. The third-order valence-corrected chi connectivity index (χ3v) is 10.0. The highest BCUT2D eigenvalue weighted by Gasteiger charge is 2.62. The number of carboxylic acid groups (broad SMARTS) is 1. The van der Waals surface area contributed by atoms with Crippen molar-refractivity contribution in [2.45, 2.75) is 95.5 Å². The van der Waals surface area contributed by atoms with Crippen LogP contribution in [0.15, 0.2) is 66.3 Å². The summed E-state index contributed by atoms with van der Waals surface area (Å²) in [5, 5.41) is 20.2. The van der Waals surface area contributed by atoms with Crippen LogP contribution in [-0.4, -0.2) is 76.0 Å². The maximum atomic E-state index is 14.3. The van der Waals surface area contributed by atoms with Crippen molar-refractivity contribution in [1.82, 2.24) is 15.5 Å². The number of hydrogen-bond acceptors (Lipinski definition) is 7. The maximum absolute atomic E-state index is 14.3. The summed E-state index contributed by atoms with van der Waals surface area (Å²) < 4.78 is 5.62. The van der Waals surface area contributed by atoms with Gasteiger partial charge in [-0.15, -0.1) is 6.58 Å². The van der Waals surface area contributed by atoms with Crippen molar-refractivity contribution in [2.24, 2.45) is 16.5 Å². The zero-order chi connectivity index (χ0) is 34.2. The number of alkyl carbamates (subject to hydrolysis) is 1. The molecule has 0 spiro atoms. The minimum Gasteiger partial charge on any atom is -0.479 e. The average Bonchev–Trinajstić information content (AvgIpc) is 3.41. The topological polar surface area (TPSA) is 147 Å². The first kappa shape index (κ1) is 33.2. The summed E-state index contributed by atoms with van der Waals surface area (Å²) in [4.78, 5) is 61.1. The fourth-order valence-electron chi connectivity index (χ4n) is 7.30. The van der Waals surface area contributed by atoms with Gasteiger partial charge in [0.15, 0.2) is 0 Å². The molecule has 11 nitrogen and oxygen atoms in total. The van der Waals surface area contributed by atoms with Crippen LogP contribution in [0.4, 0.5) is 4.79 Å². The number of carbonyl (C=O) groups excluding carboxylic acids is 3. The van der Waals surface area contributed by atoms with Crippen molar-refractivity contribution in [3.8, 4) is 11.1 Å². The highest BCUT2D eigenvalue weighted by Crippen LogP contribution is 2.47. The molecule has 0 radical (unpaired) electrons. The third kappa shape index (κ3) is 6.42.